The number of Topliss-reactive ketones (excluding diaryl/α,β-unsaturated/α-hetero) is 1. The van der Waals surface area contributed by atoms with E-state index in [2.05, 4.69) is 0 Å². The molecule has 0 spiro atoms. The molecule has 72 valence electrons. The highest BCUT2D eigenvalue weighted by Crippen LogP contribution is 2.20. The van der Waals surface area contributed by atoms with Crippen molar-refractivity contribution < 1.29 is 9.90 Å². The second kappa shape index (κ2) is 3.15. The minimum atomic E-state index is -1.13. The summed E-state index contributed by atoms with van der Waals surface area (Å²) >= 11 is 0. The van der Waals surface area contributed by atoms with Gasteiger partial charge in [-0.05, 0) is 13.8 Å². The van der Waals surface area contributed by atoms with Gasteiger partial charge >= 0.3 is 0 Å². The molecular formula is C9H19NO2. The van der Waals surface area contributed by atoms with E-state index < -0.39 is 17.1 Å². The van der Waals surface area contributed by atoms with E-state index in [9.17, 15) is 9.90 Å². The van der Waals surface area contributed by atoms with Gasteiger partial charge in [-0.1, -0.05) is 20.8 Å². The van der Waals surface area contributed by atoms with Crippen LogP contribution in [0, 0.1) is 5.41 Å². The van der Waals surface area contributed by atoms with Crippen LogP contribution in [-0.4, -0.2) is 22.5 Å². The Bertz CT molecular complexity index is 174. The first-order valence-corrected chi connectivity index (χ1v) is 4.09. The van der Waals surface area contributed by atoms with Crippen LogP contribution in [0.4, 0.5) is 0 Å². The number of carbonyl (C=O) groups is 1. The molecule has 0 amide bonds. The van der Waals surface area contributed by atoms with Gasteiger partial charge in [-0.25, -0.2) is 0 Å². The molecule has 0 saturated carbocycles. The number of hydrogen-bond acceptors (Lipinski definition) is 3. The summed E-state index contributed by atoms with van der Waals surface area (Å²) in [5.74, 6) is -0.116. The number of nitrogens with two attached hydrogens (primary N) is 1. The first kappa shape index (κ1) is 11.6. The highest BCUT2D eigenvalue weighted by atomic mass is 16.3. The number of hydrogen-bond donors (Lipinski definition) is 2. The summed E-state index contributed by atoms with van der Waals surface area (Å²) < 4.78 is 0. The summed E-state index contributed by atoms with van der Waals surface area (Å²) in [5, 5.41) is 9.47. The molecule has 3 N–H and O–H groups in total. The molecule has 0 aromatic heterocycles. The molecule has 0 aromatic carbocycles. The van der Waals surface area contributed by atoms with Crippen LogP contribution in [0.3, 0.4) is 0 Å². The summed E-state index contributed by atoms with van der Waals surface area (Å²) in [4.78, 5) is 11.5. The van der Waals surface area contributed by atoms with E-state index >= 15 is 0 Å². The third-order valence-electron chi connectivity index (χ3n) is 1.78. The molecule has 0 rings (SSSR count). The second-order valence-corrected chi connectivity index (χ2v) is 4.75. The van der Waals surface area contributed by atoms with Crippen molar-refractivity contribution in [2.45, 2.75) is 46.3 Å². The Hall–Kier alpha value is -0.410. The summed E-state index contributed by atoms with van der Waals surface area (Å²) in [5.41, 5.74) is 3.96. The zero-order valence-electron chi connectivity index (χ0n) is 8.51. The maximum Gasteiger partial charge on any atom is 0.157 e. The topological polar surface area (TPSA) is 63.3 Å². The molecule has 12 heavy (non-hydrogen) atoms. The van der Waals surface area contributed by atoms with E-state index in [4.69, 9.17) is 5.73 Å². The van der Waals surface area contributed by atoms with E-state index in [-0.39, 0.29) is 5.78 Å². The van der Waals surface area contributed by atoms with Crippen LogP contribution in [0.15, 0.2) is 0 Å². The predicted octanol–water partition coefficient (Wildman–Crippen LogP) is 0.700. The van der Waals surface area contributed by atoms with Crippen molar-refractivity contribution in [1.29, 1.82) is 0 Å². The number of aliphatic hydroxyl groups is 1. The molecule has 3 heteroatoms. The Morgan fingerprint density at radius 3 is 1.67 bits per heavy atom. The van der Waals surface area contributed by atoms with Crippen molar-refractivity contribution in [3.63, 3.8) is 0 Å². The molecule has 0 saturated heterocycles. The molecule has 0 aliphatic carbocycles. The molecule has 0 aromatic rings. The van der Waals surface area contributed by atoms with Gasteiger partial charge in [0.1, 0.15) is 0 Å². The minimum Gasteiger partial charge on any atom is -0.388 e. The molecular weight excluding hydrogens is 154 g/mol. The third-order valence-corrected chi connectivity index (χ3v) is 1.78. The molecule has 0 fully saturated rings. The zero-order chi connectivity index (χ0) is 10.2. The van der Waals surface area contributed by atoms with Gasteiger partial charge in [-0.2, -0.15) is 0 Å². The first-order chi connectivity index (χ1) is 5.07. The Kier molecular flexibility index (Phi) is 3.04. The van der Waals surface area contributed by atoms with Crippen molar-refractivity contribution in [3.05, 3.63) is 0 Å². The third kappa shape index (κ3) is 2.91. The average Bonchev–Trinajstić information content (AvgIpc) is 1.80. The lowest BCUT2D eigenvalue weighted by atomic mass is 9.81. The highest BCUT2D eigenvalue weighted by Gasteiger charge is 2.35. The summed E-state index contributed by atoms with van der Waals surface area (Å²) in [6, 6.07) is -0.808. The monoisotopic (exact) mass is 173 g/mol. The normalized spacial score (nSPS) is 15.9. The lowest BCUT2D eigenvalue weighted by Crippen LogP contribution is -2.52. The fraction of sp³-hybridized carbons (Fsp3) is 0.889. The Labute approximate surface area is 74.0 Å². The van der Waals surface area contributed by atoms with Gasteiger partial charge in [0.15, 0.2) is 5.78 Å². The minimum absolute atomic E-state index is 0.116. The van der Waals surface area contributed by atoms with Crippen molar-refractivity contribution in [2.75, 3.05) is 0 Å². The summed E-state index contributed by atoms with van der Waals surface area (Å²) in [6.07, 6.45) is 0. The van der Waals surface area contributed by atoms with E-state index in [1.807, 2.05) is 0 Å². The van der Waals surface area contributed by atoms with Gasteiger partial charge < -0.3 is 10.8 Å². The van der Waals surface area contributed by atoms with Crippen LogP contribution < -0.4 is 5.73 Å². The Morgan fingerprint density at radius 1 is 1.25 bits per heavy atom. The number of ketones is 1. The smallest absolute Gasteiger partial charge is 0.157 e. The van der Waals surface area contributed by atoms with Crippen molar-refractivity contribution in [1.82, 2.24) is 0 Å². The number of carbonyl (C=O) groups excluding carboxylic acids is 1. The Balaban J connectivity index is 4.53. The van der Waals surface area contributed by atoms with Crippen LogP contribution in [0.1, 0.15) is 34.6 Å². The lowest BCUT2D eigenvalue weighted by molar-refractivity contribution is -0.132. The van der Waals surface area contributed by atoms with Gasteiger partial charge in [0.05, 0.1) is 11.6 Å². The first-order valence-electron chi connectivity index (χ1n) is 4.09. The average molecular weight is 173 g/mol. The maximum absolute atomic E-state index is 11.5. The lowest BCUT2D eigenvalue weighted by Gasteiger charge is -2.29. The molecule has 0 unspecified atom stereocenters. The van der Waals surface area contributed by atoms with E-state index in [1.165, 1.54) is 0 Å². The standard InChI is InChI=1S/C9H19NO2/c1-8(2,3)7(11)6(10)9(4,5)12/h6,12H,10H2,1-5H3/t6-/m0/s1. The summed E-state index contributed by atoms with van der Waals surface area (Å²) in [6.45, 7) is 8.46. The molecule has 0 radical (unpaired) electrons. The van der Waals surface area contributed by atoms with E-state index in [1.54, 1.807) is 34.6 Å². The van der Waals surface area contributed by atoms with Crippen molar-refractivity contribution in [3.8, 4) is 0 Å². The quantitative estimate of drug-likeness (QED) is 0.646. The summed E-state index contributed by atoms with van der Waals surface area (Å²) in [7, 11) is 0. The molecule has 0 bridgehead atoms. The van der Waals surface area contributed by atoms with Gasteiger partial charge in [0.25, 0.3) is 0 Å². The molecule has 0 aliphatic heterocycles. The maximum atomic E-state index is 11.5. The van der Waals surface area contributed by atoms with Crippen LogP contribution in [-0.2, 0) is 4.79 Å². The van der Waals surface area contributed by atoms with Gasteiger partial charge in [0, 0.05) is 5.41 Å². The highest BCUT2D eigenvalue weighted by molar-refractivity contribution is 5.89. The zero-order valence-corrected chi connectivity index (χ0v) is 8.51. The van der Waals surface area contributed by atoms with Crippen LogP contribution in [0.25, 0.3) is 0 Å². The van der Waals surface area contributed by atoms with Crippen LogP contribution in [0.2, 0.25) is 0 Å². The van der Waals surface area contributed by atoms with Crippen LogP contribution >= 0.6 is 0 Å². The fourth-order valence-electron chi connectivity index (χ4n) is 0.787. The fourth-order valence-corrected chi connectivity index (χ4v) is 0.787. The van der Waals surface area contributed by atoms with Gasteiger partial charge in [-0.15, -0.1) is 0 Å². The number of rotatable bonds is 2. The second-order valence-electron chi connectivity index (χ2n) is 4.75. The van der Waals surface area contributed by atoms with Gasteiger partial charge in [0.2, 0.25) is 0 Å². The molecule has 3 nitrogen and oxygen atoms in total. The molecule has 0 heterocycles. The molecule has 1 atom stereocenters. The molecule has 0 aliphatic rings. The SMILES string of the molecule is CC(C)(C)C(=O)[C@H](N)C(C)(C)O. The van der Waals surface area contributed by atoms with Gasteiger partial charge in [-0.3, -0.25) is 4.79 Å². The van der Waals surface area contributed by atoms with Crippen molar-refractivity contribution >= 4 is 5.78 Å². The van der Waals surface area contributed by atoms with E-state index in [0.717, 1.165) is 0 Å². The largest absolute Gasteiger partial charge is 0.388 e. The van der Waals surface area contributed by atoms with E-state index in [0.29, 0.717) is 0 Å². The van der Waals surface area contributed by atoms with Crippen molar-refractivity contribution in [2.24, 2.45) is 11.1 Å². The predicted molar refractivity (Wildman–Crippen MR) is 48.7 cm³/mol. The Morgan fingerprint density at radius 2 is 1.58 bits per heavy atom. The van der Waals surface area contributed by atoms with Crippen LogP contribution in [0.5, 0.6) is 0 Å².